The zero-order valence-corrected chi connectivity index (χ0v) is 8.43. The van der Waals surface area contributed by atoms with E-state index in [1.54, 1.807) is 24.3 Å². The predicted octanol–water partition coefficient (Wildman–Crippen LogP) is 2.30. The van der Waals surface area contributed by atoms with E-state index in [-0.39, 0.29) is 9.80 Å². The van der Waals surface area contributed by atoms with Gasteiger partial charge in [0.15, 0.2) is 0 Å². The standard InChI is InChI=1S/C10H12O2S/c1-8(2)13(11,12)10-6-4-9(3)5-7-10/h4-7H,1H2,2-3H3/i1D. The summed E-state index contributed by atoms with van der Waals surface area (Å²) < 4.78 is 30.3. The fourth-order valence-electron chi connectivity index (χ4n) is 0.903. The normalized spacial score (nSPS) is 14.0. The number of benzene rings is 1. The summed E-state index contributed by atoms with van der Waals surface area (Å²) in [6.45, 7) is 4.17. The lowest BCUT2D eigenvalue weighted by Gasteiger charge is -2.02. The Labute approximate surface area is 80.2 Å². The Hall–Kier alpha value is -1.09. The van der Waals surface area contributed by atoms with Crippen molar-refractivity contribution in [2.45, 2.75) is 18.7 Å². The number of aryl methyl sites for hydroxylation is 1. The molecule has 0 radical (unpaired) electrons. The molecule has 0 unspecified atom stereocenters. The molecular formula is C10H12O2S. The number of sulfone groups is 1. The highest BCUT2D eigenvalue weighted by Gasteiger charge is 2.13. The second-order valence-electron chi connectivity index (χ2n) is 2.93. The molecule has 0 amide bonds. The Morgan fingerprint density at radius 1 is 1.38 bits per heavy atom. The average Bonchev–Trinajstić information content (AvgIpc) is 2.17. The molecule has 1 rings (SSSR count). The van der Waals surface area contributed by atoms with Crippen LogP contribution in [0.3, 0.4) is 0 Å². The van der Waals surface area contributed by atoms with Gasteiger partial charge >= 0.3 is 0 Å². The minimum atomic E-state index is -3.43. The lowest BCUT2D eigenvalue weighted by Crippen LogP contribution is -2.00. The van der Waals surface area contributed by atoms with Crippen LogP contribution in [0.1, 0.15) is 13.9 Å². The van der Waals surface area contributed by atoms with Crippen LogP contribution in [0.2, 0.25) is 0 Å². The molecule has 0 aliphatic rings. The van der Waals surface area contributed by atoms with Crippen molar-refractivity contribution in [3.8, 4) is 0 Å². The van der Waals surface area contributed by atoms with Crippen LogP contribution in [0.5, 0.6) is 0 Å². The van der Waals surface area contributed by atoms with Crippen molar-refractivity contribution in [3.05, 3.63) is 41.3 Å². The van der Waals surface area contributed by atoms with E-state index in [9.17, 15) is 8.42 Å². The van der Waals surface area contributed by atoms with E-state index in [1.807, 2.05) is 6.92 Å². The van der Waals surface area contributed by atoms with Gasteiger partial charge in [0.05, 0.1) is 6.27 Å². The summed E-state index contributed by atoms with van der Waals surface area (Å²) in [5.74, 6) is 0. The molecule has 0 N–H and O–H groups in total. The first-order chi connectivity index (χ1) is 6.48. The molecule has 1 aromatic rings. The van der Waals surface area contributed by atoms with Gasteiger partial charge in [-0.05, 0) is 26.0 Å². The summed E-state index contributed by atoms with van der Waals surface area (Å²) in [4.78, 5) is 0.297. The van der Waals surface area contributed by atoms with Gasteiger partial charge in [-0.1, -0.05) is 24.3 Å². The van der Waals surface area contributed by atoms with Crippen molar-refractivity contribution < 1.29 is 9.79 Å². The molecule has 0 aliphatic heterocycles. The first-order valence-corrected chi connectivity index (χ1v) is 5.33. The highest BCUT2D eigenvalue weighted by Crippen LogP contribution is 2.17. The number of allylic oxidation sites excluding steroid dienone is 1. The Morgan fingerprint density at radius 3 is 2.38 bits per heavy atom. The van der Waals surface area contributed by atoms with Crippen molar-refractivity contribution in [2.24, 2.45) is 0 Å². The topological polar surface area (TPSA) is 34.1 Å². The third kappa shape index (κ3) is 1.98. The highest BCUT2D eigenvalue weighted by atomic mass is 32.2. The van der Waals surface area contributed by atoms with Crippen molar-refractivity contribution in [1.82, 2.24) is 0 Å². The average molecular weight is 197 g/mol. The first kappa shape index (κ1) is 8.51. The van der Waals surface area contributed by atoms with Crippen LogP contribution in [0, 0.1) is 6.92 Å². The molecule has 0 aliphatic carbocycles. The van der Waals surface area contributed by atoms with Gasteiger partial charge in [0.2, 0.25) is 9.84 Å². The summed E-state index contributed by atoms with van der Waals surface area (Å²) in [5.41, 5.74) is 1.01. The summed E-state index contributed by atoms with van der Waals surface area (Å²) in [6.07, 6.45) is 0. The molecule has 13 heavy (non-hydrogen) atoms. The van der Waals surface area contributed by atoms with Crippen LogP contribution in [-0.2, 0) is 9.84 Å². The zero-order valence-electron chi connectivity index (χ0n) is 8.61. The quantitative estimate of drug-likeness (QED) is 0.729. The molecule has 0 aromatic heterocycles. The second-order valence-corrected chi connectivity index (χ2v) is 5.05. The van der Waals surface area contributed by atoms with Crippen LogP contribution in [0.4, 0.5) is 0 Å². The van der Waals surface area contributed by atoms with Gasteiger partial charge < -0.3 is 0 Å². The lowest BCUT2D eigenvalue weighted by molar-refractivity contribution is 0.602. The maximum absolute atomic E-state index is 11.7. The Bertz CT molecular complexity index is 444. The molecule has 0 fully saturated rings. The van der Waals surface area contributed by atoms with E-state index in [4.69, 9.17) is 1.37 Å². The minimum absolute atomic E-state index is 0.0568. The van der Waals surface area contributed by atoms with Crippen molar-refractivity contribution in [1.29, 1.82) is 0 Å². The molecule has 0 atom stereocenters. The van der Waals surface area contributed by atoms with Gasteiger partial charge in [-0.3, -0.25) is 0 Å². The predicted molar refractivity (Wildman–Crippen MR) is 53.2 cm³/mol. The second kappa shape index (κ2) is 3.34. The molecule has 70 valence electrons. The highest BCUT2D eigenvalue weighted by molar-refractivity contribution is 7.95. The third-order valence-corrected chi connectivity index (χ3v) is 3.50. The summed E-state index contributed by atoms with van der Waals surface area (Å²) in [7, 11) is -3.43. The number of hydrogen-bond acceptors (Lipinski definition) is 2. The van der Waals surface area contributed by atoms with E-state index in [1.165, 1.54) is 6.92 Å². The van der Waals surface area contributed by atoms with E-state index >= 15 is 0 Å². The molecule has 0 saturated carbocycles. The van der Waals surface area contributed by atoms with Gasteiger partial charge in [-0.2, -0.15) is 0 Å². The molecule has 0 bridgehead atoms. The van der Waals surface area contributed by atoms with E-state index in [0.29, 0.717) is 0 Å². The van der Waals surface area contributed by atoms with Gasteiger partial charge in [0.1, 0.15) is 0 Å². The monoisotopic (exact) mass is 197 g/mol. The summed E-state index contributed by atoms with van der Waals surface area (Å²) >= 11 is 0. The SMILES string of the molecule is [2H]C=C(C)S(=O)(=O)c1ccc(C)cc1. The molecule has 0 spiro atoms. The van der Waals surface area contributed by atoms with Crippen molar-refractivity contribution >= 4 is 9.84 Å². The van der Waals surface area contributed by atoms with Crippen molar-refractivity contribution in [2.75, 3.05) is 0 Å². The van der Waals surface area contributed by atoms with Crippen LogP contribution in [0.15, 0.2) is 40.6 Å². The van der Waals surface area contributed by atoms with Gasteiger partial charge in [0, 0.05) is 4.91 Å². The van der Waals surface area contributed by atoms with E-state index in [0.717, 1.165) is 12.1 Å². The molecule has 3 heteroatoms. The van der Waals surface area contributed by atoms with Crippen LogP contribution < -0.4 is 0 Å². The maximum Gasteiger partial charge on any atom is 0.201 e. The summed E-state index contributed by atoms with van der Waals surface area (Å²) in [5, 5.41) is 0. The molecular weight excluding hydrogens is 184 g/mol. The van der Waals surface area contributed by atoms with Crippen LogP contribution in [0.25, 0.3) is 0 Å². The minimum Gasteiger partial charge on any atom is -0.219 e. The summed E-state index contributed by atoms with van der Waals surface area (Å²) in [6, 6.07) is 6.59. The molecule has 0 saturated heterocycles. The Kier molecular flexibility index (Phi) is 2.19. The fourth-order valence-corrected chi connectivity index (χ4v) is 1.77. The maximum atomic E-state index is 11.7. The molecule has 2 nitrogen and oxygen atoms in total. The Morgan fingerprint density at radius 2 is 1.92 bits per heavy atom. The van der Waals surface area contributed by atoms with Gasteiger partial charge in [-0.15, -0.1) is 0 Å². The van der Waals surface area contributed by atoms with Gasteiger partial charge in [0.25, 0.3) is 0 Å². The Balaban J connectivity index is 3.25. The van der Waals surface area contributed by atoms with Crippen molar-refractivity contribution in [3.63, 3.8) is 0 Å². The van der Waals surface area contributed by atoms with Gasteiger partial charge in [-0.25, -0.2) is 8.42 Å². The molecule has 1 aromatic carbocycles. The first-order valence-electron chi connectivity index (χ1n) is 4.43. The zero-order chi connectivity index (χ0) is 10.8. The third-order valence-electron chi connectivity index (χ3n) is 1.76. The van der Waals surface area contributed by atoms with E-state index < -0.39 is 9.84 Å². The van der Waals surface area contributed by atoms with Crippen LogP contribution in [-0.4, -0.2) is 8.42 Å². The molecule has 0 heterocycles. The lowest BCUT2D eigenvalue weighted by atomic mass is 10.2. The van der Waals surface area contributed by atoms with E-state index in [2.05, 4.69) is 0 Å². The fraction of sp³-hybridized carbons (Fsp3) is 0.200. The number of hydrogen-bond donors (Lipinski definition) is 0. The van der Waals surface area contributed by atoms with Crippen LogP contribution >= 0.6 is 0 Å². The smallest absolute Gasteiger partial charge is 0.201 e. The number of rotatable bonds is 2. The largest absolute Gasteiger partial charge is 0.219 e.